The monoisotopic (exact) mass is 603 g/mol. The minimum Gasteiger partial charge on any atom is -0.369 e. The number of amides is 1. The van der Waals surface area contributed by atoms with Crippen LogP contribution in [0.15, 0.2) is 67.3 Å². The Kier molecular flexibility index (Phi) is 9.76. The quantitative estimate of drug-likeness (QED) is 0.226. The van der Waals surface area contributed by atoms with Gasteiger partial charge in [-0.1, -0.05) is 36.4 Å². The van der Waals surface area contributed by atoms with Gasteiger partial charge in [0.05, 0.1) is 24.0 Å². The number of carbonyl (C=O) groups is 1. The number of hydrogen-bond acceptors (Lipinski definition) is 8. The van der Waals surface area contributed by atoms with Gasteiger partial charge in [-0.3, -0.25) is 14.5 Å². The lowest BCUT2D eigenvalue weighted by Crippen LogP contribution is -2.35. The fraction of sp³-hybridized carbons (Fsp3) is 0.429. The van der Waals surface area contributed by atoms with Crippen LogP contribution in [0.3, 0.4) is 0 Å². The summed E-state index contributed by atoms with van der Waals surface area (Å²) in [6, 6.07) is 16.3. The van der Waals surface area contributed by atoms with Crippen LogP contribution in [0.5, 0.6) is 0 Å². The fourth-order valence-corrected chi connectivity index (χ4v) is 6.66. The van der Waals surface area contributed by atoms with Crippen molar-refractivity contribution in [3.63, 3.8) is 0 Å². The van der Waals surface area contributed by atoms with Crippen LogP contribution >= 0.6 is 0 Å². The number of nitrogens with one attached hydrogen (secondary N) is 3. The van der Waals surface area contributed by atoms with Gasteiger partial charge in [0.15, 0.2) is 0 Å². The molecule has 4 heterocycles. The Hall–Kier alpha value is -4.62. The van der Waals surface area contributed by atoms with Crippen LogP contribution < -0.4 is 16.0 Å². The highest BCUT2D eigenvalue weighted by Crippen LogP contribution is 2.39. The maximum Gasteiger partial charge on any atom is 0.229 e. The second-order valence-corrected chi connectivity index (χ2v) is 12.4. The normalized spacial score (nSPS) is 20.3. The van der Waals surface area contributed by atoms with Gasteiger partial charge in [-0.05, 0) is 74.6 Å². The van der Waals surface area contributed by atoms with Crippen LogP contribution in [0.2, 0.25) is 0 Å². The molecule has 6 rings (SSSR count). The molecule has 0 spiro atoms. The fourth-order valence-electron chi connectivity index (χ4n) is 6.66. The molecule has 232 valence electrons. The van der Waals surface area contributed by atoms with Crippen LogP contribution in [0.25, 0.3) is 11.1 Å². The van der Waals surface area contributed by atoms with Crippen molar-refractivity contribution in [3.8, 4) is 17.2 Å². The number of nitriles is 1. The zero-order valence-electron chi connectivity index (χ0n) is 25.8. The van der Waals surface area contributed by atoms with Crippen molar-refractivity contribution in [2.75, 3.05) is 25.0 Å². The molecule has 2 unspecified atom stereocenters. The number of rotatable bonds is 11. The third kappa shape index (κ3) is 7.73. The third-order valence-corrected chi connectivity index (χ3v) is 9.25. The van der Waals surface area contributed by atoms with E-state index in [1.165, 1.54) is 0 Å². The first-order chi connectivity index (χ1) is 22.1. The molecule has 10 nitrogen and oxygen atoms in total. The molecule has 45 heavy (non-hydrogen) atoms. The highest BCUT2D eigenvalue weighted by molar-refractivity contribution is 5.83. The van der Waals surface area contributed by atoms with Crippen molar-refractivity contribution in [3.05, 3.63) is 89.9 Å². The predicted octanol–water partition coefficient (Wildman–Crippen LogP) is 4.61. The van der Waals surface area contributed by atoms with Crippen LogP contribution in [0, 0.1) is 29.1 Å². The van der Waals surface area contributed by atoms with Crippen molar-refractivity contribution in [1.29, 1.82) is 5.26 Å². The van der Waals surface area contributed by atoms with Gasteiger partial charge < -0.3 is 16.0 Å². The van der Waals surface area contributed by atoms with Gasteiger partial charge in [0.1, 0.15) is 23.3 Å². The minimum atomic E-state index is -0.329. The zero-order valence-corrected chi connectivity index (χ0v) is 25.8. The van der Waals surface area contributed by atoms with E-state index in [-0.39, 0.29) is 17.7 Å². The summed E-state index contributed by atoms with van der Waals surface area (Å²) in [4.78, 5) is 27.9. The number of anilines is 1. The molecule has 1 aromatic carbocycles. The van der Waals surface area contributed by atoms with E-state index in [4.69, 9.17) is 9.97 Å². The lowest BCUT2D eigenvalue weighted by molar-refractivity contribution is -0.124. The molecule has 0 bridgehead atoms. The molecule has 10 heteroatoms. The predicted molar refractivity (Wildman–Crippen MR) is 173 cm³/mol. The van der Waals surface area contributed by atoms with Gasteiger partial charge in [0.2, 0.25) is 5.91 Å². The Bertz CT molecular complexity index is 1600. The van der Waals surface area contributed by atoms with E-state index in [0.29, 0.717) is 29.8 Å². The maximum atomic E-state index is 13.8. The van der Waals surface area contributed by atoms with Crippen LogP contribution in [0.1, 0.15) is 60.7 Å². The summed E-state index contributed by atoms with van der Waals surface area (Å²) < 4.78 is 1.77. The summed E-state index contributed by atoms with van der Waals surface area (Å²) >= 11 is 0. The van der Waals surface area contributed by atoms with Crippen molar-refractivity contribution in [2.24, 2.45) is 24.8 Å². The van der Waals surface area contributed by atoms with E-state index in [2.05, 4.69) is 32.1 Å². The first kappa shape index (κ1) is 30.4. The Balaban J connectivity index is 1.12. The van der Waals surface area contributed by atoms with Crippen LogP contribution in [0.4, 0.5) is 5.82 Å². The number of pyridine rings is 1. The van der Waals surface area contributed by atoms with Gasteiger partial charge >= 0.3 is 0 Å². The summed E-state index contributed by atoms with van der Waals surface area (Å²) in [5, 5.41) is 23.9. The zero-order chi connectivity index (χ0) is 31.0. The number of benzene rings is 1. The number of carbonyl (C=O) groups excluding carboxylic acids is 1. The molecule has 4 aromatic rings. The van der Waals surface area contributed by atoms with Crippen molar-refractivity contribution in [2.45, 2.75) is 51.0 Å². The second kappa shape index (κ2) is 14.4. The number of nitrogens with zero attached hydrogens (tertiary/aromatic N) is 6. The molecule has 1 aliphatic heterocycles. The van der Waals surface area contributed by atoms with E-state index < -0.39 is 0 Å². The highest BCUT2D eigenvalue weighted by atomic mass is 16.1. The topological polar surface area (TPSA) is 133 Å². The molecule has 1 saturated carbocycles. The molecule has 1 aliphatic carbocycles. The van der Waals surface area contributed by atoms with Crippen molar-refractivity contribution in [1.82, 2.24) is 35.4 Å². The largest absolute Gasteiger partial charge is 0.369 e. The first-order valence-electron chi connectivity index (χ1n) is 16.0. The average molecular weight is 604 g/mol. The van der Waals surface area contributed by atoms with Gasteiger partial charge in [0.25, 0.3) is 0 Å². The van der Waals surface area contributed by atoms with E-state index in [1.807, 2.05) is 68.1 Å². The van der Waals surface area contributed by atoms with Crippen LogP contribution in [-0.2, 0) is 24.8 Å². The summed E-state index contributed by atoms with van der Waals surface area (Å²) in [5.74, 6) is 2.26. The van der Waals surface area contributed by atoms with Gasteiger partial charge in [-0.15, -0.1) is 0 Å². The molecule has 3 aromatic heterocycles. The highest BCUT2D eigenvalue weighted by Gasteiger charge is 2.34. The Labute approximate surface area is 264 Å². The first-order valence-corrected chi connectivity index (χ1v) is 16.0. The van der Waals surface area contributed by atoms with Gasteiger partial charge in [0, 0.05) is 50.1 Å². The SMILES string of the molecule is Cn1cc(-c2ccc(C(C(=O)NCc3ccccc3)[C@H]3CC[C@H](Cc4ncc(C#N)c(NCC5CCNC5)n4)CC3)nc2)cn1. The van der Waals surface area contributed by atoms with E-state index in [9.17, 15) is 10.1 Å². The molecule has 1 amide bonds. The van der Waals surface area contributed by atoms with Crippen LogP contribution in [-0.4, -0.2) is 50.3 Å². The maximum absolute atomic E-state index is 13.8. The standard InChI is InChI=1S/C35H41N9O/c1-44-23-30(22-42-44)28-11-12-31(38-20-28)33(35(45)41-18-25-5-3-2-4-6-25)27-9-7-24(8-10-27)15-32-39-21-29(16-36)34(43-32)40-19-26-13-14-37-17-26/h2-6,11-12,20-24,26-27,33,37H,7-10,13-15,17-19H2,1H3,(H,41,45)(H,39,40,43)/t24-,26?,27-,33?. The van der Waals surface area contributed by atoms with Gasteiger partial charge in [-0.2, -0.15) is 10.4 Å². The molecule has 2 fully saturated rings. The molecular weight excluding hydrogens is 562 g/mol. The third-order valence-electron chi connectivity index (χ3n) is 9.25. The number of hydrogen-bond donors (Lipinski definition) is 3. The van der Waals surface area contributed by atoms with Crippen molar-refractivity contribution >= 4 is 11.7 Å². The Morgan fingerprint density at radius 2 is 1.87 bits per heavy atom. The lowest BCUT2D eigenvalue weighted by atomic mass is 9.73. The smallest absolute Gasteiger partial charge is 0.229 e. The Morgan fingerprint density at radius 3 is 2.56 bits per heavy atom. The van der Waals surface area contributed by atoms with Crippen molar-refractivity contribution < 1.29 is 4.79 Å². The number of aryl methyl sites for hydroxylation is 1. The molecule has 1 saturated heterocycles. The summed E-state index contributed by atoms with van der Waals surface area (Å²) in [5.41, 5.74) is 4.35. The molecule has 2 atom stereocenters. The summed E-state index contributed by atoms with van der Waals surface area (Å²) in [7, 11) is 1.90. The molecule has 3 N–H and O–H groups in total. The van der Waals surface area contributed by atoms with E-state index in [0.717, 1.165) is 86.4 Å². The number of aromatic nitrogens is 5. The molecular formula is C35H41N9O. The lowest BCUT2D eigenvalue weighted by Gasteiger charge is -2.33. The van der Waals surface area contributed by atoms with E-state index in [1.54, 1.807) is 10.9 Å². The molecule has 0 radical (unpaired) electrons. The Morgan fingerprint density at radius 1 is 1.02 bits per heavy atom. The van der Waals surface area contributed by atoms with Gasteiger partial charge in [-0.25, -0.2) is 9.97 Å². The molecule has 2 aliphatic rings. The summed E-state index contributed by atoms with van der Waals surface area (Å²) in [6.45, 7) is 3.32. The summed E-state index contributed by atoms with van der Waals surface area (Å²) in [6.07, 6.45) is 13.0. The average Bonchev–Trinajstić information content (AvgIpc) is 3.77. The minimum absolute atomic E-state index is 0.0209. The second-order valence-electron chi connectivity index (χ2n) is 12.4. The van der Waals surface area contributed by atoms with E-state index >= 15 is 0 Å².